The summed E-state index contributed by atoms with van der Waals surface area (Å²) in [5.41, 5.74) is -0.179. The molecule has 10 heteroatoms. The molecule has 0 unspecified atom stereocenters. The van der Waals surface area contributed by atoms with Gasteiger partial charge in [0.25, 0.3) is 5.91 Å². The fourth-order valence-electron chi connectivity index (χ4n) is 2.69. The molecule has 0 atom stereocenters. The second kappa shape index (κ2) is 8.52. The lowest BCUT2D eigenvalue weighted by molar-refractivity contribution is -0.137. The largest absolute Gasteiger partial charge is 0.489 e. The van der Waals surface area contributed by atoms with Crippen molar-refractivity contribution in [3.8, 4) is 11.6 Å². The first kappa shape index (κ1) is 21.3. The van der Waals surface area contributed by atoms with E-state index < -0.39 is 17.6 Å². The van der Waals surface area contributed by atoms with Gasteiger partial charge in [-0.3, -0.25) is 4.79 Å². The fraction of sp³-hybridized carbons (Fsp3) is 0.250. The van der Waals surface area contributed by atoms with Gasteiger partial charge in [-0.1, -0.05) is 12.1 Å². The minimum absolute atomic E-state index is 0.0802. The minimum atomic E-state index is -4.49. The van der Waals surface area contributed by atoms with Crippen LogP contribution in [0.3, 0.4) is 0 Å². The number of rotatable bonds is 6. The highest BCUT2D eigenvalue weighted by Gasteiger charge is 2.31. The first-order chi connectivity index (χ1) is 14.2. The normalized spacial score (nSPS) is 11.4. The number of likely N-dealkylation sites (N-methyl/N-ethyl adjacent to an activating group) is 1. The van der Waals surface area contributed by atoms with Gasteiger partial charge in [-0.25, -0.2) is 14.1 Å². The van der Waals surface area contributed by atoms with Gasteiger partial charge in [0.15, 0.2) is 17.4 Å². The Morgan fingerprint density at radius 2 is 1.90 bits per heavy atom. The van der Waals surface area contributed by atoms with Crippen molar-refractivity contribution in [1.82, 2.24) is 19.7 Å². The van der Waals surface area contributed by atoms with Crippen LogP contribution in [-0.2, 0) is 6.18 Å². The van der Waals surface area contributed by atoms with Crippen LogP contribution in [0.15, 0.2) is 48.8 Å². The van der Waals surface area contributed by atoms with Crippen molar-refractivity contribution in [3.63, 3.8) is 0 Å². The predicted molar refractivity (Wildman–Crippen MR) is 100.0 cm³/mol. The van der Waals surface area contributed by atoms with Gasteiger partial charge in [-0.15, -0.1) is 0 Å². The van der Waals surface area contributed by atoms with E-state index in [1.54, 1.807) is 26.1 Å². The molecule has 0 saturated heterocycles. The summed E-state index contributed by atoms with van der Waals surface area (Å²) in [5, 5.41) is 4.07. The van der Waals surface area contributed by atoms with Gasteiger partial charge in [-0.2, -0.15) is 18.3 Å². The smallest absolute Gasteiger partial charge is 0.417 e. The Hall–Kier alpha value is -3.43. The molecule has 3 aromatic rings. The molecule has 2 heterocycles. The number of carbonyl (C=O) groups is 1. The Morgan fingerprint density at radius 3 is 2.53 bits per heavy atom. The minimum Gasteiger partial charge on any atom is -0.489 e. The van der Waals surface area contributed by atoms with Crippen molar-refractivity contribution in [1.29, 1.82) is 0 Å². The van der Waals surface area contributed by atoms with Gasteiger partial charge < -0.3 is 9.64 Å². The predicted octanol–water partition coefficient (Wildman–Crippen LogP) is 3.88. The van der Waals surface area contributed by atoms with Gasteiger partial charge in [0.05, 0.1) is 29.6 Å². The quantitative estimate of drug-likeness (QED) is 0.566. The number of hydrogen-bond donors (Lipinski definition) is 0. The lowest BCUT2D eigenvalue weighted by Crippen LogP contribution is -2.31. The van der Waals surface area contributed by atoms with Crippen LogP contribution in [0.1, 0.15) is 21.6 Å². The maximum atomic E-state index is 13.6. The molecule has 0 aliphatic heterocycles. The molecule has 0 spiro atoms. The number of nitrogens with zero attached hydrogens (tertiary/aromatic N) is 4. The first-order valence-corrected chi connectivity index (χ1v) is 8.89. The Bertz CT molecular complexity index is 1030. The summed E-state index contributed by atoms with van der Waals surface area (Å²) in [7, 11) is 1.56. The standard InChI is InChI=1S/C20H18F4N4O2/c1-13-15(12-26-28(13)18-8-7-14(11-25-18)20(22,23)24)19(29)27(2)9-10-30-17-6-4-3-5-16(17)21/h3-8,11-12H,9-10H2,1-2H3. The Kier molecular flexibility index (Phi) is 6.04. The van der Waals surface area contributed by atoms with E-state index in [1.165, 1.54) is 34.0 Å². The fourth-order valence-corrected chi connectivity index (χ4v) is 2.69. The molecule has 3 rings (SSSR count). The lowest BCUT2D eigenvalue weighted by atomic mass is 10.2. The van der Waals surface area contributed by atoms with E-state index in [9.17, 15) is 22.4 Å². The summed E-state index contributed by atoms with van der Waals surface area (Å²) in [6, 6.07) is 8.03. The van der Waals surface area contributed by atoms with E-state index in [1.807, 2.05) is 0 Å². The highest BCUT2D eigenvalue weighted by Crippen LogP contribution is 2.29. The molecule has 2 aromatic heterocycles. The molecule has 158 valence electrons. The van der Waals surface area contributed by atoms with E-state index in [-0.39, 0.29) is 36.2 Å². The van der Waals surface area contributed by atoms with Crippen LogP contribution >= 0.6 is 0 Å². The summed E-state index contributed by atoms with van der Waals surface area (Å²) in [4.78, 5) is 17.8. The molecule has 0 bridgehead atoms. The number of hydrogen-bond acceptors (Lipinski definition) is 4. The van der Waals surface area contributed by atoms with Crippen molar-refractivity contribution in [2.24, 2.45) is 0 Å². The third-order valence-corrected chi connectivity index (χ3v) is 4.40. The zero-order valence-corrected chi connectivity index (χ0v) is 16.2. The molecule has 0 aliphatic carbocycles. The SMILES string of the molecule is Cc1c(C(=O)N(C)CCOc2ccccc2F)cnn1-c1ccc(C(F)(F)F)cn1. The van der Waals surface area contributed by atoms with Crippen LogP contribution in [0.2, 0.25) is 0 Å². The second-order valence-corrected chi connectivity index (χ2v) is 6.46. The molecule has 0 aliphatic rings. The van der Waals surface area contributed by atoms with E-state index in [0.717, 1.165) is 6.07 Å². The van der Waals surface area contributed by atoms with E-state index in [2.05, 4.69) is 10.1 Å². The molecule has 30 heavy (non-hydrogen) atoms. The van der Waals surface area contributed by atoms with Gasteiger partial charge in [0, 0.05) is 13.2 Å². The van der Waals surface area contributed by atoms with Crippen LogP contribution in [-0.4, -0.2) is 45.8 Å². The number of ether oxygens (including phenoxy) is 1. The summed E-state index contributed by atoms with van der Waals surface area (Å²) in [6.45, 7) is 1.89. The highest BCUT2D eigenvalue weighted by atomic mass is 19.4. The van der Waals surface area contributed by atoms with Crippen molar-refractivity contribution in [3.05, 3.63) is 71.4 Å². The molecule has 0 fully saturated rings. The Balaban J connectivity index is 1.67. The molecule has 0 saturated carbocycles. The molecular weight excluding hydrogens is 404 g/mol. The molecular formula is C20H18F4N4O2. The van der Waals surface area contributed by atoms with Gasteiger partial charge in [-0.05, 0) is 31.2 Å². The molecule has 6 nitrogen and oxygen atoms in total. The average molecular weight is 422 g/mol. The number of pyridine rings is 1. The van der Waals surface area contributed by atoms with Crippen LogP contribution < -0.4 is 4.74 Å². The number of halogens is 4. The van der Waals surface area contributed by atoms with E-state index in [4.69, 9.17) is 4.74 Å². The maximum Gasteiger partial charge on any atom is 0.417 e. The first-order valence-electron chi connectivity index (χ1n) is 8.89. The van der Waals surface area contributed by atoms with Crippen LogP contribution in [0.4, 0.5) is 17.6 Å². The van der Waals surface area contributed by atoms with E-state index >= 15 is 0 Å². The van der Waals surface area contributed by atoms with Crippen molar-refractivity contribution >= 4 is 5.91 Å². The number of amides is 1. The van der Waals surface area contributed by atoms with Gasteiger partial charge >= 0.3 is 6.18 Å². The van der Waals surface area contributed by atoms with Crippen molar-refractivity contribution in [2.45, 2.75) is 13.1 Å². The number of para-hydroxylation sites is 1. The average Bonchev–Trinajstić information content (AvgIpc) is 3.09. The highest BCUT2D eigenvalue weighted by molar-refractivity contribution is 5.95. The monoisotopic (exact) mass is 422 g/mol. The van der Waals surface area contributed by atoms with Crippen molar-refractivity contribution in [2.75, 3.05) is 20.2 Å². The summed E-state index contributed by atoms with van der Waals surface area (Å²) in [6.07, 6.45) is -2.45. The van der Waals surface area contributed by atoms with Crippen LogP contribution in [0.5, 0.6) is 5.75 Å². The van der Waals surface area contributed by atoms with Crippen LogP contribution in [0, 0.1) is 12.7 Å². The summed E-state index contributed by atoms with van der Waals surface area (Å²) in [5.74, 6) is -0.601. The third kappa shape index (κ3) is 4.58. The number of aromatic nitrogens is 3. The number of carbonyl (C=O) groups excluding carboxylic acids is 1. The number of alkyl halides is 3. The molecule has 1 amide bonds. The van der Waals surface area contributed by atoms with Gasteiger partial charge in [0.2, 0.25) is 0 Å². The zero-order chi connectivity index (χ0) is 21.9. The van der Waals surface area contributed by atoms with Crippen LogP contribution in [0.25, 0.3) is 5.82 Å². The zero-order valence-electron chi connectivity index (χ0n) is 16.2. The topological polar surface area (TPSA) is 60.3 Å². The lowest BCUT2D eigenvalue weighted by Gasteiger charge is -2.17. The van der Waals surface area contributed by atoms with Crippen molar-refractivity contribution < 1.29 is 27.1 Å². The third-order valence-electron chi connectivity index (χ3n) is 4.40. The summed E-state index contributed by atoms with van der Waals surface area (Å²) < 4.78 is 58.3. The Labute approximate surface area is 169 Å². The molecule has 0 N–H and O–H groups in total. The maximum absolute atomic E-state index is 13.6. The second-order valence-electron chi connectivity index (χ2n) is 6.46. The molecule has 1 aromatic carbocycles. The van der Waals surface area contributed by atoms with E-state index in [0.29, 0.717) is 11.9 Å². The van der Waals surface area contributed by atoms with Gasteiger partial charge in [0.1, 0.15) is 6.61 Å². The Morgan fingerprint density at radius 1 is 1.17 bits per heavy atom. The number of benzene rings is 1. The molecule has 0 radical (unpaired) electrons. The summed E-state index contributed by atoms with van der Waals surface area (Å²) >= 11 is 0.